The lowest BCUT2D eigenvalue weighted by molar-refractivity contribution is -0.275. The first-order valence-electron chi connectivity index (χ1n) is 6.30. The monoisotopic (exact) mass is 346 g/mol. The van der Waals surface area contributed by atoms with Gasteiger partial charge in [0.15, 0.2) is 0 Å². The van der Waals surface area contributed by atoms with Gasteiger partial charge in [0.25, 0.3) is 0 Å². The number of terminal acetylenes is 1. The molecule has 8 heteroatoms. The second-order valence-corrected chi connectivity index (χ2v) is 4.48. The third-order valence-electron chi connectivity index (χ3n) is 2.75. The standard InChI is InChI=1S/C16H8F6O2/c1-2-10-6-7-14(24-16(20,21)22)13(8-10)11-4-3-5-12(9-11)23-15(17,18)19/h1,3-9H. The van der Waals surface area contributed by atoms with Crippen molar-refractivity contribution in [2.75, 3.05) is 0 Å². The Morgan fingerprint density at radius 3 is 2.08 bits per heavy atom. The molecule has 0 saturated carbocycles. The molecule has 0 amide bonds. The normalized spacial score (nSPS) is 11.7. The van der Waals surface area contributed by atoms with Crippen LogP contribution in [0.1, 0.15) is 5.56 Å². The summed E-state index contributed by atoms with van der Waals surface area (Å²) in [5.74, 6) is 1.06. The van der Waals surface area contributed by atoms with Gasteiger partial charge >= 0.3 is 12.7 Å². The summed E-state index contributed by atoms with van der Waals surface area (Å²) in [5.41, 5.74) is 0.144. The third kappa shape index (κ3) is 4.84. The van der Waals surface area contributed by atoms with Crippen molar-refractivity contribution in [1.29, 1.82) is 0 Å². The largest absolute Gasteiger partial charge is 0.573 e. The summed E-state index contributed by atoms with van der Waals surface area (Å²) >= 11 is 0. The molecule has 0 saturated heterocycles. The molecule has 0 bridgehead atoms. The van der Waals surface area contributed by atoms with E-state index in [-0.39, 0.29) is 16.7 Å². The van der Waals surface area contributed by atoms with Gasteiger partial charge in [-0.25, -0.2) is 0 Å². The Kier molecular flexibility index (Phi) is 4.64. The maximum atomic E-state index is 12.5. The van der Waals surface area contributed by atoms with E-state index in [1.165, 1.54) is 24.3 Å². The molecule has 0 radical (unpaired) electrons. The van der Waals surface area contributed by atoms with Crippen LogP contribution >= 0.6 is 0 Å². The molecule has 0 aromatic heterocycles. The molecule has 0 atom stereocenters. The molecule has 0 heterocycles. The zero-order chi connectivity index (χ0) is 18.0. The summed E-state index contributed by atoms with van der Waals surface area (Å²) in [4.78, 5) is 0. The van der Waals surface area contributed by atoms with Crippen LogP contribution in [0.2, 0.25) is 0 Å². The number of hydrogen-bond acceptors (Lipinski definition) is 2. The van der Waals surface area contributed by atoms with Gasteiger partial charge in [0, 0.05) is 11.1 Å². The molecule has 0 aliphatic heterocycles. The van der Waals surface area contributed by atoms with E-state index in [4.69, 9.17) is 6.42 Å². The van der Waals surface area contributed by atoms with Gasteiger partial charge in [0.05, 0.1) is 0 Å². The Morgan fingerprint density at radius 1 is 0.833 bits per heavy atom. The van der Waals surface area contributed by atoms with Crippen LogP contribution in [-0.4, -0.2) is 12.7 Å². The van der Waals surface area contributed by atoms with Gasteiger partial charge in [-0.1, -0.05) is 18.1 Å². The molecule has 2 rings (SSSR count). The highest BCUT2D eigenvalue weighted by molar-refractivity contribution is 5.73. The van der Waals surface area contributed by atoms with Crippen LogP contribution in [0.5, 0.6) is 11.5 Å². The molecule has 0 N–H and O–H groups in total. The van der Waals surface area contributed by atoms with Gasteiger partial charge in [0.2, 0.25) is 0 Å². The zero-order valence-electron chi connectivity index (χ0n) is 11.7. The lowest BCUT2D eigenvalue weighted by Crippen LogP contribution is -2.18. The average molecular weight is 346 g/mol. The Morgan fingerprint density at radius 2 is 1.50 bits per heavy atom. The van der Waals surface area contributed by atoms with Gasteiger partial charge in [-0.2, -0.15) is 0 Å². The Labute approximate surface area is 132 Å². The highest BCUT2D eigenvalue weighted by atomic mass is 19.4. The number of benzene rings is 2. The first-order chi connectivity index (χ1) is 11.1. The van der Waals surface area contributed by atoms with E-state index in [0.29, 0.717) is 0 Å². The van der Waals surface area contributed by atoms with Crippen molar-refractivity contribution in [3.63, 3.8) is 0 Å². The molecule has 126 valence electrons. The molecule has 0 spiro atoms. The quantitative estimate of drug-likeness (QED) is 0.566. The third-order valence-corrected chi connectivity index (χ3v) is 2.75. The smallest absolute Gasteiger partial charge is 0.406 e. The Hall–Kier alpha value is -2.82. The molecular formula is C16H8F6O2. The number of rotatable bonds is 3. The van der Waals surface area contributed by atoms with Crippen molar-refractivity contribution in [1.82, 2.24) is 0 Å². The van der Waals surface area contributed by atoms with E-state index in [1.807, 2.05) is 0 Å². The fourth-order valence-corrected chi connectivity index (χ4v) is 1.92. The van der Waals surface area contributed by atoms with E-state index < -0.39 is 24.2 Å². The molecule has 2 aromatic carbocycles. The van der Waals surface area contributed by atoms with E-state index >= 15 is 0 Å². The Bertz CT molecular complexity index is 771. The minimum absolute atomic E-state index is 0.0214. The molecular weight excluding hydrogens is 338 g/mol. The van der Waals surface area contributed by atoms with Crippen LogP contribution in [0, 0.1) is 12.3 Å². The fourth-order valence-electron chi connectivity index (χ4n) is 1.92. The first-order valence-corrected chi connectivity index (χ1v) is 6.30. The van der Waals surface area contributed by atoms with Gasteiger partial charge in [-0.15, -0.1) is 32.8 Å². The van der Waals surface area contributed by atoms with Crippen molar-refractivity contribution in [3.05, 3.63) is 48.0 Å². The van der Waals surface area contributed by atoms with E-state index in [1.54, 1.807) is 0 Å². The molecule has 24 heavy (non-hydrogen) atoms. The summed E-state index contributed by atoms with van der Waals surface area (Å²) in [7, 11) is 0. The van der Waals surface area contributed by atoms with Gasteiger partial charge in [0.1, 0.15) is 11.5 Å². The van der Waals surface area contributed by atoms with E-state index in [0.717, 1.165) is 18.2 Å². The van der Waals surface area contributed by atoms with Crippen molar-refractivity contribution in [3.8, 4) is 35.0 Å². The van der Waals surface area contributed by atoms with Gasteiger partial charge < -0.3 is 9.47 Å². The number of hydrogen-bond donors (Lipinski definition) is 0. The van der Waals surface area contributed by atoms with Crippen molar-refractivity contribution in [2.45, 2.75) is 12.7 Å². The molecule has 0 aliphatic carbocycles. The molecule has 2 nitrogen and oxygen atoms in total. The van der Waals surface area contributed by atoms with E-state index in [9.17, 15) is 26.3 Å². The highest BCUT2D eigenvalue weighted by Gasteiger charge is 2.33. The summed E-state index contributed by atoms with van der Waals surface area (Å²) in [6.45, 7) is 0. The highest BCUT2D eigenvalue weighted by Crippen LogP contribution is 2.36. The summed E-state index contributed by atoms with van der Waals surface area (Å²) in [5, 5.41) is 0. The van der Waals surface area contributed by atoms with Crippen LogP contribution in [0.25, 0.3) is 11.1 Å². The summed E-state index contributed by atoms with van der Waals surface area (Å²) in [6.07, 6.45) is -4.69. The zero-order valence-corrected chi connectivity index (χ0v) is 11.7. The average Bonchev–Trinajstić information content (AvgIpc) is 2.44. The summed E-state index contributed by atoms with van der Waals surface area (Å²) in [6, 6.07) is 7.89. The SMILES string of the molecule is C#Cc1ccc(OC(F)(F)F)c(-c2cccc(OC(F)(F)F)c2)c1. The van der Waals surface area contributed by atoms with Crippen LogP contribution in [0.4, 0.5) is 26.3 Å². The molecule has 0 aliphatic rings. The maximum Gasteiger partial charge on any atom is 0.573 e. The first kappa shape index (κ1) is 17.5. The predicted octanol–water partition coefficient (Wildman–Crippen LogP) is 5.13. The van der Waals surface area contributed by atoms with Crippen LogP contribution in [0.15, 0.2) is 42.5 Å². The predicted molar refractivity (Wildman–Crippen MR) is 73.2 cm³/mol. The summed E-state index contributed by atoms with van der Waals surface area (Å²) < 4.78 is 81.9. The molecule has 0 unspecified atom stereocenters. The van der Waals surface area contributed by atoms with Crippen molar-refractivity contribution < 1.29 is 35.8 Å². The number of halogens is 6. The maximum absolute atomic E-state index is 12.5. The lowest BCUT2D eigenvalue weighted by Gasteiger charge is -2.15. The Balaban J connectivity index is 2.50. The van der Waals surface area contributed by atoms with Crippen LogP contribution < -0.4 is 9.47 Å². The molecule has 0 fully saturated rings. The second kappa shape index (κ2) is 6.35. The number of ether oxygens (including phenoxy) is 2. The van der Waals surface area contributed by atoms with Gasteiger partial charge in [-0.3, -0.25) is 0 Å². The second-order valence-electron chi connectivity index (χ2n) is 4.48. The topological polar surface area (TPSA) is 18.5 Å². The number of alkyl halides is 6. The lowest BCUT2D eigenvalue weighted by atomic mass is 10.0. The molecule has 2 aromatic rings. The minimum atomic E-state index is -4.97. The van der Waals surface area contributed by atoms with Crippen LogP contribution in [-0.2, 0) is 0 Å². The van der Waals surface area contributed by atoms with Crippen LogP contribution in [0.3, 0.4) is 0 Å². The van der Waals surface area contributed by atoms with Crippen molar-refractivity contribution >= 4 is 0 Å². The van der Waals surface area contributed by atoms with Gasteiger partial charge in [-0.05, 0) is 35.9 Å². The van der Waals surface area contributed by atoms with E-state index in [2.05, 4.69) is 15.4 Å². The fraction of sp³-hybridized carbons (Fsp3) is 0.125. The van der Waals surface area contributed by atoms with Crippen molar-refractivity contribution in [2.24, 2.45) is 0 Å². The minimum Gasteiger partial charge on any atom is -0.406 e.